The lowest BCUT2D eigenvalue weighted by Crippen LogP contribution is -2.27. The number of carbonyl (C=O) groups excluding carboxylic acids is 1. The molecular formula is C20H20N2O3. The van der Waals surface area contributed by atoms with Gasteiger partial charge in [0.15, 0.2) is 0 Å². The summed E-state index contributed by atoms with van der Waals surface area (Å²) in [5, 5.41) is 3.82. The summed E-state index contributed by atoms with van der Waals surface area (Å²) < 4.78 is 10.8. The van der Waals surface area contributed by atoms with Crippen molar-refractivity contribution in [2.24, 2.45) is 0 Å². The van der Waals surface area contributed by atoms with Crippen LogP contribution in [0.15, 0.2) is 60.8 Å². The average Bonchev–Trinajstić information content (AvgIpc) is 2.66. The summed E-state index contributed by atoms with van der Waals surface area (Å²) in [4.78, 5) is 16.6. The molecule has 3 rings (SSSR count). The number of methoxy groups -OCH3 is 1. The maximum atomic E-state index is 12.3. The first kappa shape index (κ1) is 16.9. The van der Waals surface area contributed by atoms with Crippen molar-refractivity contribution >= 4 is 22.5 Å². The van der Waals surface area contributed by atoms with Crippen LogP contribution in [0.25, 0.3) is 10.9 Å². The molecule has 2 aromatic carbocycles. The Morgan fingerprint density at radius 2 is 2.00 bits per heavy atom. The highest BCUT2D eigenvalue weighted by Gasteiger charge is 2.14. The van der Waals surface area contributed by atoms with Crippen LogP contribution in [0.3, 0.4) is 0 Å². The molecule has 0 saturated carbocycles. The van der Waals surface area contributed by atoms with Crippen LogP contribution in [0.4, 0.5) is 5.69 Å². The predicted molar refractivity (Wildman–Crippen MR) is 97.6 cm³/mol. The van der Waals surface area contributed by atoms with E-state index in [2.05, 4.69) is 10.3 Å². The molecule has 0 aliphatic rings. The first-order valence-corrected chi connectivity index (χ1v) is 8.06. The number of fused-ring (bicyclic) bond motifs is 1. The summed E-state index contributed by atoms with van der Waals surface area (Å²) in [7, 11) is 1.62. The van der Waals surface area contributed by atoms with E-state index in [9.17, 15) is 4.79 Å². The zero-order valence-corrected chi connectivity index (χ0v) is 14.2. The van der Waals surface area contributed by atoms with Crippen LogP contribution in [-0.4, -0.2) is 24.1 Å². The number of aromatic nitrogens is 1. The van der Waals surface area contributed by atoms with Gasteiger partial charge in [-0.05, 0) is 36.8 Å². The number of hydrogen-bond acceptors (Lipinski definition) is 4. The van der Waals surface area contributed by atoms with Crippen molar-refractivity contribution in [1.29, 1.82) is 0 Å². The van der Waals surface area contributed by atoms with Crippen molar-refractivity contribution in [3.8, 4) is 5.75 Å². The van der Waals surface area contributed by atoms with E-state index in [0.717, 1.165) is 22.2 Å². The van der Waals surface area contributed by atoms with Crippen LogP contribution >= 0.6 is 0 Å². The fraction of sp³-hybridized carbons (Fsp3) is 0.200. The van der Waals surface area contributed by atoms with E-state index in [4.69, 9.17) is 9.47 Å². The lowest BCUT2D eigenvalue weighted by atomic mass is 10.2. The van der Waals surface area contributed by atoms with Crippen LogP contribution in [0, 0.1) is 0 Å². The number of anilines is 1. The normalized spacial score (nSPS) is 11.9. The third-order valence-electron chi connectivity index (χ3n) is 3.86. The van der Waals surface area contributed by atoms with Gasteiger partial charge in [-0.15, -0.1) is 0 Å². The Hall–Kier alpha value is -2.92. The first-order valence-electron chi connectivity index (χ1n) is 8.06. The third-order valence-corrected chi connectivity index (χ3v) is 3.86. The lowest BCUT2D eigenvalue weighted by Gasteiger charge is -2.14. The molecule has 25 heavy (non-hydrogen) atoms. The predicted octanol–water partition coefficient (Wildman–Crippen LogP) is 3.79. The van der Waals surface area contributed by atoms with Gasteiger partial charge in [-0.1, -0.05) is 30.3 Å². The van der Waals surface area contributed by atoms with Gasteiger partial charge >= 0.3 is 0 Å². The third kappa shape index (κ3) is 4.33. The summed E-state index contributed by atoms with van der Waals surface area (Å²) in [6, 6.07) is 17.2. The minimum absolute atomic E-state index is 0.208. The highest BCUT2D eigenvalue weighted by Crippen LogP contribution is 2.17. The molecule has 3 aromatic rings. The fourth-order valence-electron chi connectivity index (χ4n) is 2.44. The van der Waals surface area contributed by atoms with Gasteiger partial charge in [-0.3, -0.25) is 9.78 Å². The number of nitrogens with zero attached hydrogens (tertiary/aromatic N) is 1. The van der Waals surface area contributed by atoms with Crippen LogP contribution in [0.5, 0.6) is 5.75 Å². The Bertz CT molecular complexity index is 879. The Labute approximate surface area is 146 Å². The zero-order valence-electron chi connectivity index (χ0n) is 14.2. The maximum Gasteiger partial charge on any atom is 0.253 e. The van der Waals surface area contributed by atoms with Crippen molar-refractivity contribution in [1.82, 2.24) is 4.98 Å². The molecule has 5 nitrogen and oxygen atoms in total. The number of nitrogens with one attached hydrogen (secondary N) is 1. The van der Waals surface area contributed by atoms with Gasteiger partial charge in [0.1, 0.15) is 11.9 Å². The molecule has 0 aliphatic heterocycles. The summed E-state index contributed by atoms with van der Waals surface area (Å²) in [6.07, 6.45) is 1.06. The SMILES string of the molecule is COc1cccc(CO[C@H](C)C(=O)Nc2cnc3ccccc3c2)c1. The van der Waals surface area contributed by atoms with Crippen molar-refractivity contribution in [2.45, 2.75) is 19.6 Å². The Morgan fingerprint density at radius 3 is 2.84 bits per heavy atom. The molecule has 0 fully saturated rings. The minimum Gasteiger partial charge on any atom is -0.497 e. The molecular weight excluding hydrogens is 316 g/mol. The van der Waals surface area contributed by atoms with Gasteiger partial charge in [0.05, 0.1) is 31.1 Å². The van der Waals surface area contributed by atoms with Crippen molar-refractivity contribution < 1.29 is 14.3 Å². The van der Waals surface area contributed by atoms with Crippen LogP contribution in [-0.2, 0) is 16.1 Å². The lowest BCUT2D eigenvalue weighted by molar-refractivity contribution is -0.127. The van der Waals surface area contributed by atoms with Crippen LogP contribution in [0.2, 0.25) is 0 Å². The van der Waals surface area contributed by atoms with E-state index in [1.165, 1.54) is 0 Å². The molecule has 0 radical (unpaired) electrons. The van der Waals surface area contributed by atoms with Crippen LogP contribution < -0.4 is 10.1 Å². The molecule has 5 heteroatoms. The molecule has 1 aromatic heterocycles. The number of amides is 1. The van der Waals surface area contributed by atoms with Gasteiger partial charge < -0.3 is 14.8 Å². The van der Waals surface area contributed by atoms with E-state index in [0.29, 0.717) is 12.3 Å². The number of rotatable bonds is 6. The average molecular weight is 336 g/mol. The first-order chi connectivity index (χ1) is 12.2. The number of para-hydroxylation sites is 1. The number of pyridine rings is 1. The standard InChI is InChI=1S/C20H20N2O3/c1-14(25-13-15-6-5-8-18(10-15)24-2)20(23)22-17-11-16-7-3-4-9-19(16)21-12-17/h3-12,14H,13H2,1-2H3,(H,22,23)/t14-/m1/s1. The molecule has 1 atom stereocenters. The molecule has 0 bridgehead atoms. The van der Waals surface area contributed by atoms with Crippen LogP contribution in [0.1, 0.15) is 12.5 Å². The highest BCUT2D eigenvalue weighted by molar-refractivity contribution is 5.95. The van der Waals surface area contributed by atoms with Gasteiger partial charge in [0, 0.05) is 5.39 Å². The van der Waals surface area contributed by atoms with E-state index in [1.54, 1.807) is 20.2 Å². The summed E-state index contributed by atoms with van der Waals surface area (Å²) in [5.74, 6) is 0.556. The highest BCUT2D eigenvalue weighted by atomic mass is 16.5. The molecule has 1 amide bonds. The molecule has 1 heterocycles. The molecule has 128 valence electrons. The smallest absolute Gasteiger partial charge is 0.253 e. The topological polar surface area (TPSA) is 60.5 Å². The summed E-state index contributed by atoms with van der Waals surface area (Å²) >= 11 is 0. The van der Waals surface area contributed by atoms with Gasteiger partial charge in [-0.2, -0.15) is 0 Å². The fourth-order valence-corrected chi connectivity index (χ4v) is 2.44. The molecule has 0 spiro atoms. The minimum atomic E-state index is -0.585. The van der Waals surface area contributed by atoms with Gasteiger partial charge in [0.25, 0.3) is 5.91 Å². The second-order valence-corrected chi connectivity index (χ2v) is 5.71. The number of benzene rings is 2. The van der Waals surface area contributed by atoms with Crippen molar-refractivity contribution in [3.63, 3.8) is 0 Å². The largest absolute Gasteiger partial charge is 0.497 e. The zero-order chi connectivity index (χ0) is 17.6. The quantitative estimate of drug-likeness (QED) is 0.744. The number of carbonyl (C=O) groups is 1. The number of hydrogen-bond donors (Lipinski definition) is 1. The molecule has 1 N–H and O–H groups in total. The summed E-state index contributed by atoms with van der Waals surface area (Å²) in [5.41, 5.74) is 2.50. The van der Waals surface area contributed by atoms with E-state index in [1.807, 2.05) is 54.6 Å². The second-order valence-electron chi connectivity index (χ2n) is 5.71. The summed E-state index contributed by atoms with van der Waals surface area (Å²) in [6.45, 7) is 2.06. The van der Waals surface area contributed by atoms with E-state index >= 15 is 0 Å². The Morgan fingerprint density at radius 1 is 1.16 bits per heavy atom. The Balaban J connectivity index is 1.59. The monoisotopic (exact) mass is 336 g/mol. The molecule has 0 aliphatic carbocycles. The van der Waals surface area contributed by atoms with Crippen molar-refractivity contribution in [2.75, 3.05) is 12.4 Å². The van der Waals surface area contributed by atoms with Gasteiger partial charge in [-0.25, -0.2) is 0 Å². The molecule has 0 saturated heterocycles. The molecule has 0 unspecified atom stereocenters. The second kappa shape index (κ2) is 7.77. The van der Waals surface area contributed by atoms with Crippen molar-refractivity contribution in [3.05, 3.63) is 66.4 Å². The number of ether oxygens (including phenoxy) is 2. The van der Waals surface area contributed by atoms with Gasteiger partial charge in [0.2, 0.25) is 0 Å². The maximum absolute atomic E-state index is 12.3. The van der Waals surface area contributed by atoms with E-state index < -0.39 is 6.10 Å². The van der Waals surface area contributed by atoms with E-state index in [-0.39, 0.29) is 5.91 Å². The Kier molecular flexibility index (Phi) is 5.26.